The average Bonchev–Trinajstić information content (AvgIpc) is 2.99. The van der Waals surface area contributed by atoms with Crippen LogP contribution in [0.4, 0.5) is 4.39 Å². The molecule has 0 spiro atoms. The normalized spacial score (nSPS) is 16.9. The van der Waals surface area contributed by atoms with Gasteiger partial charge in [-0.2, -0.15) is 0 Å². The Morgan fingerprint density at radius 1 is 1.07 bits per heavy atom. The van der Waals surface area contributed by atoms with Crippen molar-refractivity contribution in [2.75, 3.05) is 13.7 Å². The maximum Gasteiger partial charge on any atom is 0.294 e. The fourth-order valence-corrected chi connectivity index (χ4v) is 3.96. The summed E-state index contributed by atoms with van der Waals surface area (Å²) in [5, 5.41) is 4.44. The molecule has 1 atom stereocenters. The Morgan fingerprint density at radius 2 is 1.80 bits per heavy atom. The van der Waals surface area contributed by atoms with Crippen LogP contribution >= 0.6 is 0 Å². The standard InChI is InChI=1S/C23H25FN4O2/c1-16-25-22(26-28(16)19-11-9-18(24)10-12-19)23(29)27-15-5-3-4-6-21(27)17-7-13-20(30-2)14-8-17/h7-14,21H,3-6,15H2,1-2H3/t21-/m1/s1. The zero-order valence-electron chi connectivity index (χ0n) is 17.2. The fraction of sp³-hybridized carbons (Fsp3) is 0.348. The van der Waals surface area contributed by atoms with E-state index in [1.807, 2.05) is 29.2 Å². The summed E-state index contributed by atoms with van der Waals surface area (Å²) in [5.41, 5.74) is 1.75. The van der Waals surface area contributed by atoms with E-state index in [0.717, 1.165) is 37.0 Å². The van der Waals surface area contributed by atoms with Gasteiger partial charge in [-0.05, 0) is 61.7 Å². The molecule has 30 heavy (non-hydrogen) atoms. The highest BCUT2D eigenvalue weighted by Crippen LogP contribution is 2.32. The van der Waals surface area contributed by atoms with Crippen LogP contribution in [0.3, 0.4) is 0 Å². The highest BCUT2D eigenvalue weighted by molar-refractivity contribution is 5.90. The number of aromatic nitrogens is 3. The number of carbonyl (C=O) groups is 1. The summed E-state index contributed by atoms with van der Waals surface area (Å²) >= 11 is 0. The molecule has 3 aromatic rings. The van der Waals surface area contributed by atoms with Gasteiger partial charge >= 0.3 is 0 Å². The Balaban J connectivity index is 1.64. The number of carbonyl (C=O) groups excluding carboxylic acids is 1. The zero-order chi connectivity index (χ0) is 21.1. The number of ether oxygens (including phenoxy) is 1. The van der Waals surface area contributed by atoms with Crippen LogP contribution in [0.25, 0.3) is 5.69 Å². The van der Waals surface area contributed by atoms with E-state index in [-0.39, 0.29) is 23.6 Å². The predicted octanol–water partition coefficient (Wildman–Crippen LogP) is 4.48. The van der Waals surface area contributed by atoms with E-state index in [1.165, 1.54) is 12.1 Å². The Kier molecular flexibility index (Phi) is 5.79. The molecule has 0 N–H and O–H groups in total. The van der Waals surface area contributed by atoms with Crippen molar-refractivity contribution in [3.05, 3.63) is 71.6 Å². The first-order valence-electron chi connectivity index (χ1n) is 10.2. The Hall–Kier alpha value is -3.22. The van der Waals surface area contributed by atoms with Crippen molar-refractivity contribution in [1.29, 1.82) is 0 Å². The largest absolute Gasteiger partial charge is 0.497 e. The quantitative estimate of drug-likeness (QED) is 0.639. The summed E-state index contributed by atoms with van der Waals surface area (Å²) < 4.78 is 20.1. The van der Waals surface area contributed by atoms with Gasteiger partial charge in [-0.15, -0.1) is 5.10 Å². The maximum absolute atomic E-state index is 13.4. The van der Waals surface area contributed by atoms with Gasteiger partial charge in [0.05, 0.1) is 18.8 Å². The van der Waals surface area contributed by atoms with Crippen molar-refractivity contribution >= 4 is 5.91 Å². The molecule has 7 heteroatoms. The second-order valence-corrected chi connectivity index (χ2v) is 7.51. The van der Waals surface area contributed by atoms with Gasteiger partial charge in [0.2, 0.25) is 5.82 Å². The summed E-state index contributed by atoms with van der Waals surface area (Å²) in [7, 11) is 1.64. The molecule has 6 nitrogen and oxygen atoms in total. The van der Waals surface area contributed by atoms with Crippen LogP contribution in [0.2, 0.25) is 0 Å². The van der Waals surface area contributed by atoms with Gasteiger partial charge in [-0.25, -0.2) is 14.1 Å². The van der Waals surface area contributed by atoms with E-state index in [2.05, 4.69) is 10.1 Å². The number of amides is 1. The highest BCUT2D eigenvalue weighted by Gasteiger charge is 2.30. The second-order valence-electron chi connectivity index (χ2n) is 7.51. The van der Waals surface area contributed by atoms with Crippen LogP contribution in [-0.4, -0.2) is 39.2 Å². The minimum absolute atomic E-state index is 0.0241. The minimum Gasteiger partial charge on any atom is -0.497 e. The van der Waals surface area contributed by atoms with E-state index in [1.54, 1.807) is 30.8 Å². The SMILES string of the molecule is COc1ccc([C@H]2CCCCCN2C(=O)c2nc(C)n(-c3ccc(F)cc3)n2)cc1. The summed E-state index contributed by atoms with van der Waals surface area (Å²) in [6.07, 6.45) is 4.01. The molecule has 1 aromatic heterocycles. The topological polar surface area (TPSA) is 60.2 Å². The first kappa shape index (κ1) is 20.1. The number of methoxy groups -OCH3 is 1. The molecule has 2 aromatic carbocycles. The average molecular weight is 408 g/mol. The summed E-state index contributed by atoms with van der Waals surface area (Å²) in [6, 6.07) is 13.8. The number of rotatable bonds is 4. The number of benzene rings is 2. The van der Waals surface area contributed by atoms with Gasteiger partial charge < -0.3 is 9.64 Å². The van der Waals surface area contributed by atoms with Crippen molar-refractivity contribution in [1.82, 2.24) is 19.7 Å². The van der Waals surface area contributed by atoms with E-state index < -0.39 is 0 Å². The summed E-state index contributed by atoms with van der Waals surface area (Å²) in [4.78, 5) is 19.7. The molecular formula is C23H25FN4O2. The molecule has 1 fully saturated rings. The first-order chi connectivity index (χ1) is 14.6. The van der Waals surface area contributed by atoms with Crippen LogP contribution in [0, 0.1) is 12.7 Å². The van der Waals surface area contributed by atoms with Gasteiger partial charge in [0.15, 0.2) is 0 Å². The molecule has 0 aliphatic carbocycles. The second kappa shape index (κ2) is 8.65. The monoisotopic (exact) mass is 408 g/mol. The third-order valence-corrected chi connectivity index (χ3v) is 5.55. The molecule has 1 aliphatic heterocycles. The van der Waals surface area contributed by atoms with Crippen LogP contribution in [0.1, 0.15) is 53.7 Å². The van der Waals surface area contributed by atoms with Crippen molar-refractivity contribution in [3.63, 3.8) is 0 Å². The molecule has 4 rings (SSSR count). The molecule has 0 radical (unpaired) electrons. The predicted molar refractivity (Wildman–Crippen MR) is 111 cm³/mol. The third kappa shape index (κ3) is 4.06. The molecular weight excluding hydrogens is 383 g/mol. The summed E-state index contributed by atoms with van der Waals surface area (Å²) in [5.74, 6) is 1.04. The molecule has 0 bridgehead atoms. The number of aryl methyl sites for hydroxylation is 1. The Labute approximate surface area is 175 Å². The lowest BCUT2D eigenvalue weighted by molar-refractivity contribution is 0.0668. The lowest BCUT2D eigenvalue weighted by Crippen LogP contribution is -2.35. The summed E-state index contributed by atoms with van der Waals surface area (Å²) in [6.45, 7) is 2.45. The number of hydrogen-bond donors (Lipinski definition) is 0. The minimum atomic E-state index is -0.320. The lowest BCUT2D eigenvalue weighted by atomic mass is 10.0. The van der Waals surface area contributed by atoms with E-state index in [9.17, 15) is 9.18 Å². The third-order valence-electron chi connectivity index (χ3n) is 5.55. The maximum atomic E-state index is 13.4. The number of likely N-dealkylation sites (tertiary alicyclic amines) is 1. The molecule has 0 unspecified atom stereocenters. The van der Waals surface area contributed by atoms with E-state index >= 15 is 0 Å². The smallest absolute Gasteiger partial charge is 0.294 e. The zero-order valence-corrected chi connectivity index (χ0v) is 17.2. The van der Waals surface area contributed by atoms with E-state index in [4.69, 9.17) is 4.74 Å². The molecule has 1 aliphatic rings. The van der Waals surface area contributed by atoms with Gasteiger partial charge in [0, 0.05) is 6.54 Å². The van der Waals surface area contributed by atoms with Crippen molar-refractivity contribution in [2.45, 2.75) is 38.6 Å². The van der Waals surface area contributed by atoms with Crippen molar-refractivity contribution in [2.24, 2.45) is 0 Å². The van der Waals surface area contributed by atoms with Gasteiger partial charge in [0.1, 0.15) is 17.4 Å². The molecule has 1 saturated heterocycles. The van der Waals surface area contributed by atoms with Gasteiger partial charge in [0.25, 0.3) is 5.91 Å². The molecule has 156 valence electrons. The molecule has 1 amide bonds. The highest BCUT2D eigenvalue weighted by atomic mass is 19.1. The van der Waals surface area contributed by atoms with Gasteiger partial charge in [-0.3, -0.25) is 4.79 Å². The van der Waals surface area contributed by atoms with Crippen LogP contribution in [0.15, 0.2) is 48.5 Å². The van der Waals surface area contributed by atoms with Crippen LogP contribution in [-0.2, 0) is 0 Å². The van der Waals surface area contributed by atoms with Crippen molar-refractivity contribution in [3.8, 4) is 11.4 Å². The Bertz CT molecular complexity index is 1010. The first-order valence-corrected chi connectivity index (χ1v) is 10.2. The fourth-order valence-electron chi connectivity index (χ4n) is 3.96. The van der Waals surface area contributed by atoms with Gasteiger partial charge in [-0.1, -0.05) is 25.0 Å². The Morgan fingerprint density at radius 3 is 2.50 bits per heavy atom. The number of hydrogen-bond acceptors (Lipinski definition) is 4. The molecule has 2 heterocycles. The number of nitrogens with zero attached hydrogens (tertiary/aromatic N) is 4. The lowest BCUT2D eigenvalue weighted by Gasteiger charge is -2.29. The van der Waals surface area contributed by atoms with Crippen LogP contribution < -0.4 is 4.74 Å². The molecule has 0 saturated carbocycles. The van der Waals surface area contributed by atoms with E-state index in [0.29, 0.717) is 18.1 Å². The van der Waals surface area contributed by atoms with Crippen LogP contribution in [0.5, 0.6) is 5.75 Å². The number of halogens is 1. The van der Waals surface area contributed by atoms with Crippen molar-refractivity contribution < 1.29 is 13.9 Å².